The molecule has 0 aliphatic heterocycles. The first-order valence-electron chi connectivity index (χ1n) is 8.69. The van der Waals surface area contributed by atoms with Gasteiger partial charge in [0.15, 0.2) is 0 Å². The van der Waals surface area contributed by atoms with Crippen molar-refractivity contribution in [3.8, 4) is 0 Å². The largest absolute Gasteiger partial charge is 0.293 e. The number of hydrogen-bond acceptors (Lipinski definition) is 1. The maximum absolute atomic E-state index is 10.9. The molecular formula is C18H31N3O. The van der Waals surface area contributed by atoms with E-state index in [9.17, 15) is 4.79 Å². The van der Waals surface area contributed by atoms with Crippen LogP contribution in [0.2, 0.25) is 0 Å². The summed E-state index contributed by atoms with van der Waals surface area (Å²) in [4.78, 5) is 13.4. The number of carbonyl (C=O) groups is 1. The Morgan fingerprint density at radius 1 is 0.909 bits per heavy atom. The second kappa shape index (κ2) is 17.5. The highest BCUT2D eigenvalue weighted by atomic mass is 16.1. The first-order valence-corrected chi connectivity index (χ1v) is 8.69. The molecule has 0 heterocycles. The van der Waals surface area contributed by atoms with E-state index in [1.54, 1.807) is 0 Å². The highest BCUT2D eigenvalue weighted by Gasteiger charge is 1.97. The van der Waals surface area contributed by atoms with Crippen LogP contribution in [-0.4, -0.2) is 5.91 Å². The monoisotopic (exact) mass is 305 g/mol. The van der Waals surface area contributed by atoms with Gasteiger partial charge in [-0.15, -0.1) is 0 Å². The van der Waals surface area contributed by atoms with Crippen LogP contribution in [0.1, 0.15) is 84.0 Å². The zero-order valence-electron chi connectivity index (χ0n) is 14.0. The van der Waals surface area contributed by atoms with Gasteiger partial charge >= 0.3 is 0 Å². The second-order valence-electron chi connectivity index (χ2n) is 5.56. The van der Waals surface area contributed by atoms with E-state index in [0.717, 1.165) is 32.1 Å². The predicted molar refractivity (Wildman–Crippen MR) is 93.5 cm³/mol. The van der Waals surface area contributed by atoms with Gasteiger partial charge in [-0.05, 0) is 49.2 Å². The smallest absolute Gasteiger partial charge is 0.218 e. The second-order valence-corrected chi connectivity index (χ2v) is 5.56. The number of rotatable bonds is 14. The fraction of sp³-hybridized carbons (Fsp3) is 0.722. The molecule has 0 aromatic heterocycles. The molecular weight excluding hydrogens is 274 g/mol. The fourth-order valence-corrected chi connectivity index (χ4v) is 2.19. The molecule has 0 aliphatic rings. The van der Waals surface area contributed by atoms with Crippen molar-refractivity contribution >= 4 is 5.91 Å². The number of unbranched alkanes of at least 4 members (excludes halogenated alkanes) is 8. The molecule has 0 fully saturated rings. The van der Waals surface area contributed by atoms with Gasteiger partial charge in [-0.3, -0.25) is 4.79 Å². The van der Waals surface area contributed by atoms with Crippen LogP contribution in [0, 0.1) is 0 Å². The summed E-state index contributed by atoms with van der Waals surface area (Å²) in [6, 6.07) is 0. The van der Waals surface area contributed by atoms with Gasteiger partial charge in [-0.2, -0.15) is 0 Å². The zero-order chi connectivity index (χ0) is 16.3. The van der Waals surface area contributed by atoms with Crippen molar-refractivity contribution in [3.05, 3.63) is 34.7 Å². The first kappa shape index (κ1) is 20.5. The molecule has 22 heavy (non-hydrogen) atoms. The van der Waals surface area contributed by atoms with E-state index in [1.165, 1.54) is 38.5 Å². The van der Waals surface area contributed by atoms with Crippen molar-refractivity contribution in [2.75, 3.05) is 0 Å². The number of allylic oxidation sites excluding steroid dienone is 4. The molecule has 1 amide bonds. The third-order valence-corrected chi connectivity index (χ3v) is 3.50. The third kappa shape index (κ3) is 16.5. The molecule has 0 saturated heterocycles. The molecule has 0 N–H and O–H groups in total. The van der Waals surface area contributed by atoms with E-state index in [2.05, 4.69) is 41.3 Å². The summed E-state index contributed by atoms with van der Waals surface area (Å²) >= 11 is 0. The summed E-state index contributed by atoms with van der Waals surface area (Å²) in [7, 11) is 0. The molecule has 0 aliphatic carbocycles. The lowest BCUT2D eigenvalue weighted by Gasteiger charge is -1.98. The molecule has 0 unspecified atom stereocenters. The van der Waals surface area contributed by atoms with Gasteiger partial charge in [0.25, 0.3) is 0 Å². The summed E-state index contributed by atoms with van der Waals surface area (Å²) < 4.78 is 0. The van der Waals surface area contributed by atoms with E-state index < -0.39 is 0 Å². The van der Waals surface area contributed by atoms with Crippen LogP contribution in [0.25, 0.3) is 10.4 Å². The molecule has 0 rings (SSSR count). The highest BCUT2D eigenvalue weighted by Crippen LogP contribution is 2.08. The Morgan fingerprint density at radius 3 is 2.14 bits per heavy atom. The molecule has 0 spiro atoms. The van der Waals surface area contributed by atoms with E-state index in [4.69, 9.17) is 5.53 Å². The van der Waals surface area contributed by atoms with E-state index in [1.807, 2.05) is 0 Å². The van der Waals surface area contributed by atoms with Crippen molar-refractivity contribution in [1.82, 2.24) is 0 Å². The normalized spacial score (nSPS) is 11.1. The minimum absolute atomic E-state index is 0.340. The lowest BCUT2D eigenvalue weighted by molar-refractivity contribution is -0.118. The van der Waals surface area contributed by atoms with Crippen molar-refractivity contribution in [3.63, 3.8) is 0 Å². The third-order valence-electron chi connectivity index (χ3n) is 3.50. The Labute approximate surface area is 135 Å². The predicted octanol–water partition coefficient (Wildman–Crippen LogP) is 6.64. The van der Waals surface area contributed by atoms with Crippen molar-refractivity contribution in [2.45, 2.75) is 84.0 Å². The molecule has 4 nitrogen and oxygen atoms in total. The van der Waals surface area contributed by atoms with Crippen LogP contribution >= 0.6 is 0 Å². The van der Waals surface area contributed by atoms with Gasteiger partial charge in [0, 0.05) is 11.3 Å². The van der Waals surface area contributed by atoms with Crippen LogP contribution in [0.5, 0.6) is 0 Å². The van der Waals surface area contributed by atoms with Gasteiger partial charge in [0.2, 0.25) is 5.91 Å². The number of azide groups is 1. The van der Waals surface area contributed by atoms with E-state index >= 15 is 0 Å². The van der Waals surface area contributed by atoms with Gasteiger partial charge < -0.3 is 0 Å². The summed E-state index contributed by atoms with van der Waals surface area (Å²) in [6.45, 7) is 2.23. The minimum atomic E-state index is -0.340. The van der Waals surface area contributed by atoms with Gasteiger partial charge in [-0.25, -0.2) is 0 Å². The standard InChI is InChI=1S/C18H31N3O/c1-2-3-4-5-6-7-8-9-10-11-12-13-14-15-16-17-18(22)20-21-19/h6-7,9-10H,2-5,8,11-17H2,1H3/b7-6-,10-9-. The summed E-state index contributed by atoms with van der Waals surface area (Å²) in [5, 5.41) is 3.06. The Hall–Kier alpha value is -1.54. The van der Waals surface area contributed by atoms with E-state index in [-0.39, 0.29) is 5.91 Å². The van der Waals surface area contributed by atoms with Crippen LogP contribution < -0.4 is 0 Å². The van der Waals surface area contributed by atoms with Crippen molar-refractivity contribution in [2.24, 2.45) is 5.11 Å². The average molecular weight is 305 g/mol. The molecule has 0 aromatic rings. The molecule has 0 aromatic carbocycles. The summed E-state index contributed by atoms with van der Waals surface area (Å²) in [6.07, 6.45) is 22.2. The average Bonchev–Trinajstić information content (AvgIpc) is 2.51. The van der Waals surface area contributed by atoms with E-state index in [0.29, 0.717) is 6.42 Å². The van der Waals surface area contributed by atoms with Crippen LogP contribution in [0.4, 0.5) is 0 Å². The lowest BCUT2D eigenvalue weighted by atomic mass is 10.1. The number of nitrogens with zero attached hydrogens (tertiary/aromatic N) is 3. The minimum Gasteiger partial charge on any atom is -0.293 e. The zero-order valence-corrected chi connectivity index (χ0v) is 14.0. The number of amides is 1. The topological polar surface area (TPSA) is 65.8 Å². The Morgan fingerprint density at radius 2 is 1.50 bits per heavy atom. The van der Waals surface area contributed by atoms with Crippen molar-refractivity contribution in [1.29, 1.82) is 0 Å². The fourth-order valence-electron chi connectivity index (χ4n) is 2.19. The summed E-state index contributed by atoms with van der Waals surface area (Å²) in [5.41, 5.74) is 8.09. The molecule has 4 heteroatoms. The number of carbonyl (C=O) groups excluding carboxylic acids is 1. The Bertz CT molecular complexity index is 369. The molecule has 0 bridgehead atoms. The maximum atomic E-state index is 10.9. The van der Waals surface area contributed by atoms with Crippen LogP contribution in [-0.2, 0) is 4.79 Å². The molecule has 0 saturated carbocycles. The van der Waals surface area contributed by atoms with Crippen LogP contribution in [0.3, 0.4) is 0 Å². The highest BCUT2D eigenvalue weighted by molar-refractivity contribution is 5.76. The first-order chi connectivity index (χ1) is 10.8. The van der Waals surface area contributed by atoms with Crippen molar-refractivity contribution < 1.29 is 4.79 Å². The number of hydrogen-bond donors (Lipinski definition) is 0. The Kier molecular flexibility index (Phi) is 16.3. The van der Waals surface area contributed by atoms with Crippen LogP contribution in [0.15, 0.2) is 29.4 Å². The van der Waals surface area contributed by atoms with Gasteiger partial charge in [-0.1, -0.05) is 63.3 Å². The van der Waals surface area contributed by atoms with Gasteiger partial charge in [0.1, 0.15) is 0 Å². The SMILES string of the molecule is CCCCC/C=C\C/C=C\CCCCCCCC(=O)N=[N+]=[N-]. The lowest BCUT2D eigenvalue weighted by Crippen LogP contribution is -1.90. The quantitative estimate of drug-likeness (QED) is 0.117. The summed E-state index contributed by atoms with van der Waals surface area (Å²) in [5.74, 6) is -0.340. The molecule has 0 atom stereocenters. The molecule has 0 radical (unpaired) electrons. The Balaban J connectivity index is 3.26. The van der Waals surface area contributed by atoms with Gasteiger partial charge in [0.05, 0.1) is 0 Å². The molecule has 124 valence electrons. The maximum Gasteiger partial charge on any atom is 0.218 e.